The van der Waals surface area contributed by atoms with Crippen molar-refractivity contribution < 1.29 is 4.74 Å². The maximum atomic E-state index is 12.8. The highest BCUT2D eigenvalue weighted by molar-refractivity contribution is 7.12. The highest BCUT2D eigenvalue weighted by atomic mass is 32.1. The molecule has 2 aromatic heterocycles. The summed E-state index contributed by atoms with van der Waals surface area (Å²) in [5, 5.41) is 13.9. The number of hydrogen-bond acceptors (Lipinski definition) is 6. The predicted octanol–water partition coefficient (Wildman–Crippen LogP) is 5.33. The molecule has 4 rings (SSSR count). The van der Waals surface area contributed by atoms with Gasteiger partial charge in [-0.15, -0.1) is 16.5 Å². The fourth-order valence-corrected chi connectivity index (χ4v) is 3.64. The Morgan fingerprint density at radius 1 is 1.10 bits per heavy atom. The Kier molecular flexibility index (Phi) is 5.09. The lowest BCUT2D eigenvalue weighted by molar-refractivity contribution is 0.415. The smallest absolute Gasteiger partial charge is 0.301 e. The minimum Gasteiger partial charge on any atom is -0.497 e. The van der Waals surface area contributed by atoms with Crippen molar-refractivity contribution in [3.63, 3.8) is 0 Å². The Morgan fingerprint density at radius 2 is 1.90 bits per heavy atom. The van der Waals surface area contributed by atoms with Crippen LogP contribution in [0.3, 0.4) is 0 Å². The summed E-state index contributed by atoms with van der Waals surface area (Å²) in [5.41, 5.74) is 4.14. The third kappa shape index (κ3) is 3.88. The molecule has 0 fully saturated rings. The third-order valence-electron chi connectivity index (χ3n) is 4.38. The third-order valence-corrected chi connectivity index (χ3v) is 5.20. The maximum Gasteiger partial charge on any atom is 0.301 e. The van der Waals surface area contributed by atoms with Crippen molar-refractivity contribution in [2.45, 2.75) is 13.8 Å². The van der Waals surface area contributed by atoms with Crippen LogP contribution in [0.4, 0.5) is 11.4 Å². The van der Waals surface area contributed by atoms with Crippen molar-refractivity contribution in [1.82, 2.24) is 14.8 Å². The fourth-order valence-electron chi connectivity index (χ4n) is 2.85. The molecule has 0 aliphatic heterocycles. The first-order chi connectivity index (χ1) is 14.0. The number of aromatic amines is 1. The quantitative estimate of drug-likeness (QED) is 0.455. The minimum absolute atomic E-state index is 0.271. The number of rotatable bonds is 5. The first-order valence-electron chi connectivity index (χ1n) is 8.95. The Hall–Kier alpha value is -3.52. The van der Waals surface area contributed by atoms with Crippen LogP contribution < -0.4 is 10.3 Å². The van der Waals surface area contributed by atoms with Crippen molar-refractivity contribution >= 4 is 22.7 Å². The maximum absolute atomic E-state index is 12.8. The van der Waals surface area contributed by atoms with E-state index in [1.807, 2.05) is 60.8 Å². The molecule has 2 aromatic carbocycles. The van der Waals surface area contributed by atoms with E-state index in [9.17, 15) is 4.79 Å². The normalized spacial score (nSPS) is 11.3. The Bertz CT molecular complexity index is 1230. The molecule has 0 bridgehead atoms. The zero-order valence-corrected chi connectivity index (χ0v) is 17.0. The average molecular weight is 405 g/mol. The van der Waals surface area contributed by atoms with E-state index in [0.717, 1.165) is 22.6 Å². The molecule has 4 aromatic rings. The van der Waals surface area contributed by atoms with E-state index in [-0.39, 0.29) is 11.2 Å². The summed E-state index contributed by atoms with van der Waals surface area (Å²) < 4.78 is 6.59. The number of benzene rings is 2. The molecule has 0 aliphatic rings. The van der Waals surface area contributed by atoms with Gasteiger partial charge in [-0.3, -0.25) is 9.89 Å². The lowest BCUT2D eigenvalue weighted by Gasteiger charge is -2.00. The molecule has 29 heavy (non-hydrogen) atoms. The van der Waals surface area contributed by atoms with Gasteiger partial charge in [0.25, 0.3) is 0 Å². The highest BCUT2D eigenvalue weighted by Crippen LogP contribution is 2.26. The van der Waals surface area contributed by atoms with Gasteiger partial charge in [0, 0.05) is 10.9 Å². The molecule has 8 heteroatoms. The zero-order chi connectivity index (χ0) is 20.4. The van der Waals surface area contributed by atoms with E-state index in [0.29, 0.717) is 16.5 Å². The molecule has 0 spiro atoms. The van der Waals surface area contributed by atoms with E-state index < -0.39 is 0 Å². The second kappa shape index (κ2) is 7.84. The van der Waals surface area contributed by atoms with Crippen molar-refractivity contribution in [3.05, 3.63) is 75.5 Å². The van der Waals surface area contributed by atoms with Crippen molar-refractivity contribution in [2.24, 2.45) is 10.2 Å². The SMILES string of the molecule is COc1ccc(-c2csc(-n3[nH]c(C)c(N=Nc4cccc(C)c4)c3=O)n2)cc1. The van der Waals surface area contributed by atoms with Gasteiger partial charge in [0.15, 0.2) is 5.69 Å². The summed E-state index contributed by atoms with van der Waals surface area (Å²) >= 11 is 1.38. The molecule has 0 radical (unpaired) electrons. The van der Waals surface area contributed by atoms with Crippen LogP contribution in [0.2, 0.25) is 0 Å². The number of ether oxygens (including phenoxy) is 1. The molecule has 146 valence electrons. The number of thiazole rings is 1. The molecule has 1 N–H and O–H groups in total. The summed E-state index contributed by atoms with van der Waals surface area (Å²) in [6, 6.07) is 15.3. The summed E-state index contributed by atoms with van der Waals surface area (Å²) in [7, 11) is 1.63. The van der Waals surface area contributed by atoms with Crippen molar-refractivity contribution in [2.75, 3.05) is 7.11 Å². The summed E-state index contributed by atoms with van der Waals surface area (Å²) in [4.78, 5) is 17.4. The van der Waals surface area contributed by atoms with Gasteiger partial charge in [-0.05, 0) is 55.8 Å². The Morgan fingerprint density at radius 3 is 2.62 bits per heavy atom. The molecule has 2 heterocycles. The van der Waals surface area contributed by atoms with E-state index in [1.165, 1.54) is 16.0 Å². The van der Waals surface area contributed by atoms with Gasteiger partial charge in [-0.2, -0.15) is 9.80 Å². The monoisotopic (exact) mass is 405 g/mol. The van der Waals surface area contributed by atoms with Gasteiger partial charge >= 0.3 is 5.56 Å². The lowest BCUT2D eigenvalue weighted by atomic mass is 10.2. The highest BCUT2D eigenvalue weighted by Gasteiger charge is 2.15. The molecular weight excluding hydrogens is 386 g/mol. The number of aryl methyl sites for hydroxylation is 2. The van der Waals surface area contributed by atoms with Gasteiger partial charge < -0.3 is 4.74 Å². The van der Waals surface area contributed by atoms with Crippen LogP contribution in [0.5, 0.6) is 5.75 Å². The van der Waals surface area contributed by atoms with Crippen LogP contribution in [0, 0.1) is 13.8 Å². The number of aromatic nitrogens is 3. The summed E-state index contributed by atoms with van der Waals surface area (Å²) in [6.45, 7) is 3.77. The van der Waals surface area contributed by atoms with Crippen LogP contribution in [0.25, 0.3) is 16.4 Å². The molecular formula is C21H19N5O2S. The Labute approximate surface area is 171 Å². The second-order valence-electron chi connectivity index (χ2n) is 6.51. The van der Waals surface area contributed by atoms with Crippen molar-refractivity contribution in [3.8, 4) is 22.1 Å². The Balaban J connectivity index is 1.64. The number of hydrogen-bond donors (Lipinski definition) is 1. The van der Waals surface area contributed by atoms with Gasteiger partial charge in [0.1, 0.15) is 5.75 Å². The molecule has 0 saturated carbocycles. The molecule has 0 aliphatic carbocycles. The number of nitrogens with zero attached hydrogens (tertiary/aromatic N) is 4. The van der Waals surface area contributed by atoms with E-state index >= 15 is 0 Å². The first-order valence-corrected chi connectivity index (χ1v) is 9.83. The van der Waals surface area contributed by atoms with E-state index in [4.69, 9.17) is 4.74 Å². The molecule has 0 atom stereocenters. The number of H-pyrrole nitrogens is 1. The predicted molar refractivity (Wildman–Crippen MR) is 114 cm³/mol. The fraction of sp³-hybridized carbons (Fsp3) is 0.143. The van der Waals surface area contributed by atoms with Gasteiger partial charge in [-0.25, -0.2) is 4.98 Å². The second-order valence-corrected chi connectivity index (χ2v) is 7.35. The van der Waals surface area contributed by atoms with E-state index in [2.05, 4.69) is 20.3 Å². The minimum atomic E-state index is -0.283. The van der Waals surface area contributed by atoms with E-state index in [1.54, 1.807) is 14.0 Å². The molecule has 7 nitrogen and oxygen atoms in total. The molecule has 0 unspecified atom stereocenters. The van der Waals surface area contributed by atoms with Crippen molar-refractivity contribution in [1.29, 1.82) is 0 Å². The van der Waals surface area contributed by atoms with Gasteiger partial charge in [0.2, 0.25) is 5.13 Å². The lowest BCUT2D eigenvalue weighted by Crippen LogP contribution is -2.13. The van der Waals surface area contributed by atoms with Crippen LogP contribution in [0.15, 0.2) is 68.9 Å². The molecule has 0 saturated heterocycles. The average Bonchev–Trinajstić information content (AvgIpc) is 3.32. The molecule has 0 amide bonds. The number of methoxy groups -OCH3 is 1. The zero-order valence-electron chi connectivity index (χ0n) is 16.2. The standard InChI is InChI=1S/C21H19N5O2S/c1-13-5-4-6-16(11-13)23-24-19-14(2)25-26(20(19)27)21-22-18(12-29-21)15-7-9-17(28-3)10-8-15/h4-12,25H,1-3H3. The summed E-state index contributed by atoms with van der Waals surface area (Å²) in [5.74, 6) is 0.782. The van der Waals surface area contributed by atoms with Crippen LogP contribution in [-0.2, 0) is 0 Å². The number of nitrogens with one attached hydrogen (secondary N) is 1. The first kappa shape index (κ1) is 18.8. The summed E-state index contributed by atoms with van der Waals surface area (Å²) in [6.07, 6.45) is 0. The van der Waals surface area contributed by atoms with Crippen LogP contribution >= 0.6 is 11.3 Å². The van der Waals surface area contributed by atoms with Crippen LogP contribution in [0.1, 0.15) is 11.3 Å². The van der Waals surface area contributed by atoms with Gasteiger partial charge in [-0.1, -0.05) is 12.1 Å². The van der Waals surface area contributed by atoms with Gasteiger partial charge in [0.05, 0.1) is 24.2 Å². The topological polar surface area (TPSA) is 84.6 Å². The largest absolute Gasteiger partial charge is 0.497 e. The van der Waals surface area contributed by atoms with Crippen LogP contribution in [-0.4, -0.2) is 21.9 Å². The number of azo groups is 1.